The molecule has 236 valence electrons. The van der Waals surface area contributed by atoms with E-state index < -0.39 is 6.03 Å². The number of ether oxygens (including phenoxy) is 1. The van der Waals surface area contributed by atoms with Crippen molar-refractivity contribution in [3.8, 4) is 22.7 Å². The van der Waals surface area contributed by atoms with E-state index in [2.05, 4.69) is 15.5 Å². The summed E-state index contributed by atoms with van der Waals surface area (Å²) in [5.74, 6) is 2.16. The number of nitrogens with one attached hydrogen (secondary N) is 2. The summed E-state index contributed by atoms with van der Waals surface area (Å²) in [6, 6.07) is 23.8. The smallest absolute Gasteiger partial charge is 0.323 e. The van der Waals surface area contributed by atoms with E-state index in [-0.39, 0.29) is 5.91 Å². The SMILES string of the molecule is CN(C)CCN(C)C(=O)c1ccc(NC(=O)Nc2ccc(-c3nc(N4CCOCC4)c4ccc(-c5ccco5)cc4n3)cc2)cc1. The lowest BCUT2D eigenvalue weighted by Gasteiger charge is -2.29. The predicted molar refractivity (Wildman–Crippen MR) is 180 cm³/mol. The zero-order chi connectivity index (χ0) is 32.0. The number of likely N-dealkylation sites (N-methyl/N-ethyl adjacent to an activating group) is 2. The molecule has 3 aromatic carbocycles. The van der Waals surface area contributed by atoms with Crippen molar-refractivity contribution in [2.45, 2.75) is 0 Å². The summed E-state index contributed by atoms with van der Waals surface area (Å²) in [5.41, 5.74) is 4.33. The van der Waals surface area contributed by atoms with Gasteiger partial charge in [0.25, 0.3) is 5.91 Å². The number of nitrogens with zero attached hydrogens (tertiary/aromatic N) is 5. The van der Waals surface area contributed by atoms with Gasteiger partial charge in [-0.2, -0.15) is 0 Å². The van der Waals surface area contributed by atoms with Crippen LogP contribution in [0, 0.1) is 0 Å². The summed E-state index contributed by atoms with van der Waals surface area (Å²) < 4.78 is 11.2. The van der Waals surface area contributed by atoms with Crippen LogP contribution in [0.3, 0.4) is 0 Å². The van der Waals surface area contributed by atoms with E-state index in [9.17, 15) is 9.59 Å². The van der Waals surface area contributed by atoms with E-state index in [0.717, 1.165) is 53.2 Å². The van der Waals surface area contributed by atoms with Crippen LogP contribution in [0.25, 0.3) is 33.6 Å². The number of hydrogen-bond acceptors (Lipinski definition) is 8. The Morgan fingerprint density at radius 1 is 0.826 bits per heavy atom. The quantitative estimate of drug-likeness (QED) is 0.217. The van der Waals surface area contributed by atoms with Crippen molar-refractivity contribution < 1.29 is 18.7 Å². The van der Waals surface area contributed by atoms with Crippen molar-refractivity contribution in [2.75, 3.05) is 76.1 Å². The van der Waals surface area contributed by atoms with Gasteiger partial charge in [-0.3, -0.25) is 4.79 Å². The summed E-state index contributed by atoms with van der Waals surface area (Å²) in [4.78, 5) is 41.3. The monoisotopic (exact) mass is 619 g/mol. The number of urea groups is 1. The molecule has 11 heteroatoms. The first-order valence-corrected chi connectivity index (χ1v) is 15.2. The number of morpholine rings is 1. The van der Waals surface area contributed by atoms with Gasteiger partial charge in [-0.25, -0.2) is 14.8 Å². The Hall–Kier alpha value is -5.26. The van der Waals surface area contributed by atoms with Crippen LogP contribution < -0.4 is 15.5 Å². The minimum absolute atomic E-state index is 0.0663. The molecule has 0 atom stereocenters. The first-order chi connectivity index (χ1) is 22.3. The lowest BCUT2D eigenvalue weighted by atomic mass is 10.1. The van der Waals surface area contributed by atoms with Gasteiger partial charge in [-0.15, -0.1) is 0 Å². The summed E-state index contributed by atoms with van der Waals surface area (Å²) in [6.07, 6.45) is 1.66. The van der Waals surface area contributed by atoms with Crippen molar-refractivity contribution in [2.24, 2.45) is 0 Å². The van der Waals surface area contributed by atoms with Gasteiger partial charge in [0.1, 0.15) is 11.6 Å². The van der Waals surface area contributed by atoms with Crippen LogP contribution in [-0.4, -0.2) is 92.2 Å². The van der Waals surface area contributed by atoms with Crippen molar-refractivity contribution in [3.63, 3.8) is 0 Å². The minimum atomic E-state index is -0.392. The van der Waals surface area contributed by atoms with Gasteiger partial charge in [-0.05, 0) is 86.9 Å². The predicted octanol–water partition coefficient (Wildman–Crippen LogP) is 5.67. The Morgan fingerprint density at radius 2 is 1.50 bits per heavy atom. The van der Waals surface area contributed by atoms with E-state index in [1.165, 1.54) is 0 Å². The second-order valence-corrected chi connectivity index (χ2v) is 11.4. The van der Waals surface area contributed by atoms with E-state index in [4.69, 9.17) is 19.1 Å². The van der Waals surface area contributed by atoms with Gasteiger partial charge >= 0.3 is 6.03 Å². The highest BCUT2D eigenvalue weighted by molar-refractivity contribution is 6.00. The normalized spacial score (nSPS) is 13.2. The first-order valence-electron chi connectivity index (χ1n) is 15.2. The molecule has 11 nitrogen and oxygen atoms in total. The highest BCUT2D eigenvalue weighted by Gasteiger charge is 2.19. The number of anilines is 3. The summed E-state index contributed by atoms with van der Waals surface area (Å²) in [5, 5.41) is 6.65. The average molecular weight is 620 g/mol. The van der Waals surface area contributed by atoms with E-state index in [0.29, 0.717) is 42.5 Å². The summed E-state index contributed by atoms with van der Waals surface area (Å²) in [6.45, 7) is 4.18. The molecule has 0 spiro atoms. The highest BCUT2D eigenvalue weighted by Crippen LogP contribution is 2.32. The van der Waals surface area contributed by atoms with Gasteiger partial charge < -0.3 is 34.5 Å². The number of amides is 3. The zero-order valence-electron chi connectivity index (χ0n) is 26.2. The van der Waals surface area contributed by atoms with Crippen LogP contribution in [0.5, 0.6) is 0 Å². The van der Waals surface area contributed by atoms with Gasteiger partial charge in [-0.1, -0.05) is 6.07 Å². The van der Waals surface area contributed by atoms with Crippen LogP contribution in [0.2, 0.25) is 0 Å². The molecule has 0 aliphatic carbocycles. The Labute approximate surface area is 267 Å². The number of aromatic nitrogens is 2. The van der Waals surface area contributed by atoms with Gasteiger partial charge in [0.15, 0.2) is 5.82 Å². The number of rotatable bonds is 9. The van der Waals surface area contributed by atoms with Crippen molar-refractivity contribution in [1.82, 2.24) is 19.8 Å². The zero-order valence-corrected chi connectivity index (χ0v) is 26.2. The Kier molecular flexibility index (Phi) is 9.23. The number of carbonyl (C=O) groups excluding carboxylic acids is 2. The average Bonchev–Trinajstić information content (AvgIpc) is 3.62. The first kappa shape index (κ1) is 30.8. The second kappa shape index (κ2) is 13.8. The third kappa shape index (κ3) is 7.17. The van der Waals surface area contributed by atoms with E-state index >= 15 is 0 Å². The standard InChI is InChI=1S/C35H37N7O4/c1-40(2)16-17-41(3)34(43)25-8-13-28(14-9-25)37-35(44)36-27-11-6-24(7-12-27)32-38-30-23-26(31-5-4-20-46-31)10-15-29(30)33(39-32)42-18-21-45-22-19-42/h4-15,20,23H,16-19,21-22H2,1-3H3,(H2,36,37,44). The summed E-state index contributed by atoms with van der Waals surface area (Å²) in [7, 11) is 5.72. The molecule has 3 heterocycles. The molecule has 2 aromatic heterocycles. The topological polar surface area (TPSA) is 116 Å². The fourth-order valence-electron chi connectivity index (χ4n) is 5.22. The Morgan fingerprint density at radius 3 is 2.15 bits per heavy atom. The number of furan rings is 1. The minimum Gasteiger partial charge on any atom is -0.464 e. The number of carbonyl (C=O) groups is 2. The Bertz CT molecular complexity index is 1800. The van der Waals surface area contributed by atoms with Crippen molar-refractivity contribution in [1.29, 1.82) is 0 Å². The van der Waals surface area contributed by atoms with Crippen molar-refractivity contribution >= 4 is 40.0 Å². The number of fused-ring (bicyclic) bond motifs is 1. The summed E-state index contributed by atoms with van der Waals surface area (Å²) >= 11 is 0. The maximum absolute atomic E-state index is 12.8. The van der Waals surface area contributed by atoms with Crippen LogP contribution in [-0.2, 0) is 4.74 Å². The molecule has 5 aromatic rings. The number of hydrogen-bond donors (Lipinski definition) is 2. The second-order valence-electron chi connectivity index (χ2n) is 11.4. The molecule has 0 saturated carbocycles. The Balaban J connectivity index is 1.16. The molecular formula is C35H37N7O4. The molecule has 0 radical (unpaired) electrons. The molecule has 6 rings (SSSR count). The van der Waals surface area contributed by atoms with Gasteiger partial charge in [0.05, 0.1) is 25.0 Å². The third-order valence-corrected chi connectivity index (χ3v) is 7.81. The maximum atomic E-state index is 12.8. The van der Waals surface area contributed by atoms with Crippen LogP contribution in [0.4, 0.5) is 22.0 Å². The molecule has 1 aliphatic heterocycles. The van der Waals surface area contributed by atoms with Gasteiger partial charge in [0.2, 0.25) is 0 Å². The van der Waals surface area contributed by atoms with E-state index in [1.807, 2.05) is 73.6 Å². The number of benzene rings is 3. The molecule has 1 aliphatic rings. The third-order valence-electron chi connectivity index (χ3n) is 7.81. The molecule has 3 amide bonds. The highest BCUT2D eigenvalue weighted by atomic mass is 16.5. The fourth-order valence-corrected chi connectivity index (χ4v) is 5.22. The van der Waals surface area contributed by atoms with Crippen molar-refractivity contribution in [3.05, 3.63) is 90.7 Å². The molecule has 0 unspecified atom stereocenters. The van der Waals surface area contributed by atoms with Crippen LogP contribution in [0.1, 0.15) is 10.4 Å². The molecule has 1 saturated heterocycles. The lowest BCUT2D eigenvalue weighted by Crippen LogP contribution is -2.37. The molecule has 46 heavy (non-hydrogen) atoms. The van der Waals surface area contributed by atoms with E-state index in [1.54, 1.807) is 42.5 Å². The molecule has 2 N–H and O–H groups in total. The molecular weight excluding hydrogens is 582 g/mol. The molecule has 0 bridgehead atoms. The maximum Gasteiger partial charge on any atom is 0.323 e. The van der Waals surface area contributed by atoms with Crippen LogP contribution >= 0.6 is 0 Å². The fraction of sp³-hybridized carbons (Fsp3) is 0.257. The van der Waals surface area contributed by atoms with Gasteiger partial charge in [0, 0.05) is 66.7 Å². The molecule has 1 fully saturated rings. The van der Waals surface area contributed by atoms with Crippen LogP contribution in [0.15, 0.2) is 89.5 Å². The lowest BCUT2D eigenvalue weighted by molar-refractivity contribution is 0.0786. The largest absolute Gasteiger partial charge is 0.464 e.